The molecule has 2 N–H and O–H groups in total. The summed E-state index contributed by atoms with van der Waals surface area (Å²) in [6, 6.07) is 7.10. The van der Waals surface area contributed by atoms with Gasteiger partial charge in [0.25, 0.3) is 0 Å². The number of anilines is 1. The highest BCUT2D eigenvalue weighted by atomic mass is 32.2. The lowest BCUT2D eigenvalue weighted by Crippen LogP contribution is -2.30. The molecule has 17 heavy (non-hydrogen) atoms. The largest absolute Gasteiger partial charge is 0.492 e. The Morgan fingerprint density at radius 3 is 2.88 bits per heavy atom. The van der Waals surface area contributed by atoms with Crippen molar-refractivity contribution in [3.63, 3.8) is 0 Å². The van der Waals surface area contributed by atoms with Gasteiger partial charge < -0.3 is 10.5 Å². The van der Waals surface area contributed by atoms with E-state index >= 15 is 0 Å². The van der Waals surface area contributed by atoms with Gasteiger partial charge in [0.2, 0.25) is 10.0 Å². The standard InChI is InChI=1S/C11H16N2O3S/c12-10-3-1-4-11(9-10)16-7-6-13-5-2-8-17(13,14)15/h1,3-4,9H,2,5-8,12H2. The number of sulfonamides is 1. The quantitative estimate of drug-likeness (QED) is 0.804. The Morgan fingerprint density at radius 2 is 2.24 bits per heavy atom. The highest BCUT2D eigenvalue weighted by molar-refractivity contribution is 7.89. The number of nitrogens with two attached hydrogens (primary N) is 1. The predicted molar refractivity (Wildman–Crippen MR) is 66.3 cm³/mol. The van der Waals surface area contributed by atoms with Crippen LogP contribution in [0.15, 0.2) is 24.3 Å². The third kappa shape index (κ3) is 3.10. The fourth-order valence-electron chi connectivity index (χ4n) is 1.81. The molecule has 0 bridgehead atoms. The van der Waals surface area contributed by atoms with Gasteiger partial charge in [-0.1, -0.05) is 6.07 Å². The van der Waals surface area contributed by atoms with Gasteiger partial charge in [-0.3, -0.25) is 0 Å². The maximum absolute atomic E-state index is 11.5. The molecule has 1 saturated heterocycles. The molecule has 0 aliphatic carbocycles. The number of nitrogens with zero attached hydrogens (tertiary/aromatic N) is 1. The molecule has 0 amide bonds. The van der Waals surface area contributed by atoms with Crippen LogP contribution in [-0.2, 0) is 10.0 Å². The summed E-state index contributed by atoms with van der Waals surface area (Å²) < 4.78 is 29.9. The highest BCUT2D eigenvalue weighted by Gasteiger charge is 2.27. The van der Waals surface area contributed by atoms with Crippen LogP contribution in [-0.4, -0.2) is 38.2 Å². The second kappa shape index (κ2) is 4.93. The van der Waals surface area contributed by atoms with E-state index in [1.807, 2.05) is 0 Å². The Morgan fingerprint density at radius 1 is 1.41 bits per heavy atom. The van der Waals surface area contributed by atoms with Crippen LogP contribution in [0.4, 0.5) is 5.69 Å². The Hall–Kier alpha value is -1.27. The predicted octanol–water partition coefficient (Wildman–Crippen LogP) is 0.683. The molecular formula is C11H16N2O3S. The lowest BCUT2D eigenvalue weighted by Gasteiger charge is -2.14. The third-order valence-corrected chi connectivity index (χ3v) is 4.63. The number of hydrogen-bond acceptors (Lipinski definition) is 4. The van der Waals surface area contributed by atoms with Gasteiger partial charge >= 0.3 is 0 Å². The fraction of sp³-hybridized carbons (Fsp3) is 0.455. The summed E-state index contributed by atoms with van der Waals surface area (Å²) in [6.45, 7) is 1.35. The van der Waals surface area contributed by atoms with Gasteiger partial charge in [-0.15, -0.1) is 0 Å². The van der Waals surface area contributed by atoms with E-state index in [0.717, 1.165) is 0 Å². The maximum atomic E-state index is 11.5. The molecule has 0 saturated carbocycles. The normalized spacial score (nSPS) is 19.3. The molecule has 1 aromatic carbocycles. The molecule has 0 atom stereocenters. The van der Waals surface area contributed by atoms with Crippen LogP contribution in [0.3, 0.4) is 0 Å². The summed E-state index contributed by atoms with van der Waals surface area (Å²) in [6.07, 6.45) is 0.709. The first-order valence-electron chi connectivity index (χ1n) is 5.54. The molecule has 0 spiro atoms. The first kappa shape index (κ1) is 12.2. The Labute approximate surface area is 101 Å². The SMILES string of the molecule is Nc1cccc(OCCN2CCCS2(=O)=O)c1. The first-order valence-corrected chi connectivity index (χ1v) is 7.15. The Kier molecular flexibility index (Phi) is 3.54. The molecule has 6 heteroatoms. The molecule has 1 aliphatic heterocycles. The zero-order valence-electron chi connectivity index (χ0n) is 9.50. The van der Waals surface area contributed by atoms with E-state index in [1.54, 1.807) is 24.3 Å². The molecule has 5 nitrogen and oxygen atoms in total. The molecule has 1 aliphatic rings. The summed E-state index contributed by atoms with van der Waals surface area (Å²) in [5, 5.41) is 0. The van der Waals surface area contributed by atoms with E-state index in [9.17, 15) is 8.42 Å². The van der Waals surface area contributed by atoms with Crippen molar-refractivity contribution >= 4 is 15.7 Å². The van der Waals surface area contributed by atoms with Gasteiger partial charge in [-0.25, -0.2) is 8.42 Å². The molecule has 0 aromatic heterocycles. The summed E-state index contributed by atoms with van der Waals surface area (Å²) in [5.74, 6) is 0.923. The molecule has 1 aromatic rings. The van der Waals surface area contributed by atoms with Crippen molar-refractivity contribution in [2.75, 3.05) is 31.2 Å². The van der Waals surface area contributed by atoms with E-state index < -0.39 is 10.0 Å². The smallest absolute Gasteiger partial charge is 0.214 e. The Bertz CT molecular complexity index is 487. The van der Waals surface area contributed by atoms with Crippen LogP contribution in [0.1, 0.15) is 6.42 Å². The van der Waals surface area contributed by atoms with Gasteiger partial charge in [0.15, 0.2) is 0 Å². The van der Waals surface area contributed by atoms with Crippen LogP contribution in [0.5, 0.6) is 5.75 Å². The molecular weight excluding hydrogens is 240 g/mol. The Balaban J connectivity index is 1.84. The summed E-state index contributed by atoms with van der Waals surface area (Å²) >= 11 is 0. The summed E-state index contributed by atoms with van der Waals surface area (Å²) in [7, 11) is -3.02. The van der Waals surface area contributed by atoms with Crippen LogP contribution in [0.2, 0.25) is 0 Å². The van der Waals surface area contributed by atoms with Gasteiger partial charge in [-0.2, -0.15) is 4.31 Å². The number of ether oxygens (including phenoxy) is 1. The van der Waals surface area contributed by atoms with Crippen molar-refractivity contribution in [1.82, 2.24) is 4.31 Å². The second-order valence-corrected chi connectivity index (χ2v) is 6.08. The summed E-state index contributed by atoms with van der Waals surface area (Å²) in [5.41, 5.74) is 6.24. The highest BCUT2D eigenvalue weighted by Crippen LogP contribution is 2.16. The molecule has 0 radical (unpaired) electrons. The number of rotatable bonds is 4. The summed E-state index contributed by atoms with van der Waals surface area (Å²) in [4.78, 5) is 0. The minimum atomic E-state index is -3.02. The van der Waals surface area contributed by atoms with Crippen molar-refractivity contribution in [2.24, 2.45) is 0 Å². The van der Waals surface area contributed by atoms with E-state index in [2.05, 4.69) is 0 Å². The number of benzene rings is 1. The lowest BCUT2D eigenvalue weighted by atomic mass is 10.3. The molecule has 94 valence electrons. The number of hydrogen-bond donors (Lipinski definition) is 1. The van der Waals surface area contributed by atoms with Crippen molar-refractivity contribution in [1.29, 1.82) is 0 Å². The van der Waals surface area contributed by atoms with E-state index in [4.69, 9.17) is 10.5 Å². The zero-order valence-corrected chi connectivity index (χ0v) is 10.3. The monoisotopic (exact) mass is 256 g/mol. The van der Waals surface area contributed by atoms with Crippen LogP contribution >= 0.6 is 0 Å². The van der Waals surface area contributed by atoms with Crippen molar-refractivity contribution in [3.05, 3.63) is 24.3 Å². The topological polar surface area (TPSA) is 72.6 Å². The third-order valence-electron chi connectivity index (χ3n) is 2.67. The molecule has 1 fully saturated rings. The lowest BCUT2D eigenvalue weighted by molar-refractivity contribution is 0.279. The molecule has 2 rings (SSSR count). The molecule has 0 unspecified atom stereocenters. The van der Waals surface area contributed by atoms with Crippen LogP contribution in [0, 0.1) is 0 Å². The van der Waals surface area contributed by atoms with Gasteiger partial charge in [0.05, 0.1) is 5.75 Å². The average Bonchev–Trinajstić information content (AvgIpc) is 2.58. The zero-order chi connectivity index (χ0) is 12.3. The van der Waals surface area contributed by atoms with Crippen LogP contribution in [0.25, 0.3) is 0 Å². The van der Waals surface area contributed by atoms with Crippen molar-refractivity contribution in [3.8, 4) is 5.75 Å². The molecule has 1 heterocycles. The minimum Gasteiger partial charge on any atom is -0.492 e. The van der Waals surface area contributed by atoms with Crippen molar-refractivity contribution in [2.45, 2.75) is 6.42 Å². The van der Waals surface area contributed by atoms with E-state index in [-0.39, 0.29) is 5.75 Å². The van der Waals surface area contributed by atoms with E-state index in [1.165, 1.54) is 4.31 Å². The van der Waals surface area contributed by atoms with Crippen LogP contribution < -0.4 is 10.5 Å². The average molecular weight is 256 g/mol. The van der Waals surface area contributed by atoms with Gasteiger partial charge in [0.1, 0.15) is 12.4 Å². The van der Waals surface area contributed by atoms with Gasteiger partial charge in [0, 0.05) is 24.8 Å². The minimum absolute atomic E-state index is 0.255. The number of nitrogen functional groups attached to an aromatic ring is 1. The van der Waals surface area contributed by atoms with Crippen molar-refractivity contribution < 1.29 is 13.2 Å². The first-order chi connectivity index (χ1) is 8.08. The fourth-order valence-corrected chi connectivity index (χ4v) is 3.32. The van der Waals surface area contributed by atoms with E-state index in [0.29, 0.717) is 37.6 Å². The maximum Gasteiger partial charge on any atom is 0.214 e. The second-order valence-electron chi connectivity index (χ2n) is 3.99. The van der Waals surface area contributed by atoms with Gasteiger partial charge in [-0.05, 0) is 18.6 Å².